The van der Waals surface area contributed by atoms with Gasteiger partial charge in [-0.2, -0.15) is 0 Å². The van der Waals surface area contributed by atoms with Crippen molar-refractivity contribution < 1.29 is 14.6 Å². The van der Waals surface area contributed by atoms with E-state index < -0.39 is 5.97 Å². The third-order valence-corrected chi connectivity index (χ3v) is 2.83. The van der Waals surface area contributed by atoms with Crippen molar-refractivity contribution in [1.29, 1.82) is 0 Å². The lowest BCUT2D eigenvalue weighted by molar-refractivity contribution is -0.142. The predicted octanol–water partition coefficient (Wildman–Crippen LogP) is 0.186. The van der Waals surface area contributed by atoms with Gasteiger partial charge in [0.2, 0.25) is 0 Å². The van der Waals surface area contributed by atoms with E-state index in [1.807, 2.05) is 11.0 Å². The summed E-state index contributed by atoms with van der Waals surface area (Å²) in [5, 5.41) is 8.79. The quantitative estimate of drug-likeness (QED) is 0.787. The molecule has 1 aliphatic heterocycles. The van der Waals surface area contributed by atoms with E-state index in [9.17, 15) is 4.79 Å². The molecule has 2 rings (SSSR count). The van der Waals surface area contributed by atoms with Gasteiger partial charge < -0.3 is 14.7 Å². The maximum absolute atomic E-state index is 10.7. The lowest BCUT2D eigenvalue weighted by Gasteiger charge is -2.37. The standard InChI is InChI=1S/C11H15N3O3/c1-17-3-2-9-4-10(13-7-12-9)14-5-8(6-14)11(15)16/h4,7-8H,2-3,5-6H2,1H3,(H,15,16). The number of hydrogen-bond acceptors (Lipinski definition) is 5. The Kier molecular flexibility index (Phi) is 3.53. The number of aliphatic carboxylic acids is 1. The summed E-state index contributed by atoms with van der Waals surface area (Å²) >= 11 is 0. The van der Waals surface area contributed by atoms with Crippen LogP contribution in [-0.2, 0) is 16.0 Å². The summed E-state index contributed by atoms with van der Waals surface area (Å²) in [6, 6.07) is 1.89. The van der Waals surface area contributed by atoms with Gasteiger partial charge in [-0.3, -0.25) is 4.79 Å². The summed E-state index contributed by atoms with van der Waals surface area (Å²) in [6.45, 7) is 1.67. The van der Waals surface area contributed by atoms with Gasteiger partial charge in [0.25, 0.3) is 0 Å². The first-order valence-electron chi connectivity index (χ1n) is 5.48. The molecule has 0 radical (unpaired) electrons. The molecule has 6 heteroatoms. The van der Waals surface area contributed by atoms with Crippen LogP contribution in [0, 0.1) is 5.92 Å². The molecule has 1 aromatic heterocycles. The fourth-order valence-corrected chi connectivity index (χ4v) is 1.72. The summed E-state index contributed by atoms with van der Waals surface area (Å²) in [7, 11) is 1.65. The van der Waals surface area contributed by atoms with Gasteiger partial charge in [0, 0.05) is 38.4 Å². The van der Waals surface area contributed by atoms with E-state index >= 15 is 0 Å². The maximum Gasteiger partial charge on any atom is 0.310 e. The molecule has 0 amide bonds. The second-order valence-corrected chi connectivity index (χ2v) is 4.05. The second-order valence-electron chi connectivity index (χ2n) is 4.05. The molecule has 0 atom stereocenters. The molecule has 6 nitrogen and oxygen atoms in total. The molecule has 2 heterocycles. The molecule has 0 aliphatic carbocycles. The Balaban J connectivity index is 1.96. The van der Waals surface area contributed by atoms with Gasteiger partial charge in [-0.1, -0.05) is 0 Å². The number of methoxy groups -OCH3 is 1. The number of carboxylic acid groups (broad SMARTS) is 1. The zero-order chi connectivity index (χ0) is 12.3. The monoisotopic (exact) mass is 237 g/mol. The predicted molar refractivity (Wildman–Crippen MR) is 61.0 cm³/mol. The average molecular weight is 237 g/mol. The Morgan fingerprint density at radius 1 is 1.59 bits per heavy atom. The normalized spacial score (nSPS) is 15.7. The van der Waals surface area contributed by atoms with Gasteiger partial charge in [-0.15, -0.1) is 0 Å². The molecule has 1 N–H and O–H groups in total. The number of carboxylic acids is 1. The van der Waals surface area contributed by atoms with E-state index in [4.69, 9.17) is 9.84 Å². The van der Waals surface area contributed by atoms with Gasteiger partial charge in [0.15, 0.2) is 0 Å². The molecule has 0 unspecified atom stereocenters. The fraction of sp³-hybridized carbons (Fsp3) is 0.545. The zero-order valence-corrected chi connectivity index (χ0v) is 9.67. The SMILES string of the molecule is COCCc1cc(N2CC(C(=O)O)C2)ncn1. The third-order valence-electron chi connectivity index (χ3n) is 2.83. The van der Waals surface area contributed by atoms with E-state index in [-0.39, 0.29) is 5.92 Å². The van der Waals surface area contributed by atoms with E-state index in [1.54, 1.807) is 7.11 Å². The number of ether oxygens (including phenoxy) is 1. The van der Waals surface area contributed by atoms with Crippen molar-refractivity contribution in [3.8, 4) is 0 Å². The Bertz CT molecular complexity index is 405. The first kappa shape index (κ1) is 11.8. The van der Waals surface area contributed by atoms with Crippen molar-refractivity contribution in [3.05, 3.63) is 18.1 Å². The van der Waals surface area contributed by atoms with Crippen LogP contribution in [0.15, 0.2) is 12.4 Å². The van der Waals surface area contributed by atoms with Crippen LogP contribution in [0.1, 0.15) is 5.69 Å². The molecule has 1 fully saturated rings. The van der Waals surface area contributed by atoms with Crippen LogP contribution < -0.4 is 4.90 Å². The van der Waals surface area contributed by atoms with Crippen LogP contribution in [0.2, 0.25) is 0 Å². The summed E-state index contributed by atoms with van der Waals surface area (Å²) in [4.78, 5) is 20.9. The first-order chi connectivity index (χ1) is 8.20. The van der Waals surface area contributed by atoms with Crippen molar-refractivity contribution in [2.75, 3.05) is 31.7 Å². The fourth-order valence-electron chi connectivity index (χ4n) is 1.72. The number of nitrogens with zero attached hydrogens (tertiary/aromatic N) is 3. The average Bonchev–Trinajstić information content (AvgIpc) is 2.24. The van der Waals surface area contributed by atoms with Crippen LogP contribution in [-0.4, -0.2) is 47.8 Å². The second kappa shape index (κ2) is 5.09. The summed E-state index contributed by atoms with van der Waals surface area (Å²) in [6.07, 6.45) is 2.25. The molecule has 17 heavy (non-hydrogen) atoms. The van der Waals surface area contributed by atoms with Crippen LogP contribution in [0.25, 0.3) is 0 Å². The minimum atomic E-state index is -0.741. The summed E-state index contributed by atoms with van der Waals surface area (Å²) < 4.78 is 4.98. The van der Waals surface area contributed by atoms with Crippen LogP contribution in [0.4, 0.5) is 5.82 Å². The zero-order valence-electron chi connectivity index (χ0n) is 9.67. The Hall–Kier alpha value is -1.69. The van der Waals surface area contributed by atoms with Crippen molar-refractivity contribution >= 4 is 11.8 Å². The molecule has 1 aromatic rings. The molecular weight excluding hydrogens is 222 g/mol. The van der Waals surface area contributed by atoms with Gasteiger partial charge >= 0.3 is 5.97 Å². The molecule has 0 aromatic carbocycles. The molecular formula is C11H15N3O3. The van der Waals surface area contributed by atoms with Crippen LogP contribution >= 0.6 is 0 Å². The molecule has 1 saturated heterocycles. The third kappa shape index (κ3) is 2.71. The number of anilines is 1. The van der Waals surface area contributed by atoms with E-state index in [0.717, 1.165) is 17.9 Å². The van der Waals surface area contributed by atoms with Crippen LogP contribution in [0.3, 0.4) is 0 Å². The molecule has 1 aliphatic rings. The molecule has 92 valence electrons. The number of rotatable bonds is 5. The summed E-state index contributed by atoms with van der Waals surface area (Å²) in [5.41, 5.74) is 0.913. The maximum atomic E-state index is 10.7. The first-order valence-corrected chi connectivity index (χ1v) is 5.48. The highest BCUT2D eigenvalue weighted by Gasteiger charge is 2.33. The van der Waals surface area contributed by atoms with Crippen molar-refractivity contribution in [3.63, 3.8) is 0 Å². The van der Waals surface area contributed by atoms with Gasteiger partial charge in [0.1, 0.15) is 12.1 Å². The number of carbonyl (C=O) groups is 1. The van der Waals surface area contributed by atoms with E-state index in [0.29, 0.717) is 19.7 Å². The lowest BCUT2D eigenvalue weighted by atomic mass is 10.0. The molecule has 0 bridgehead atoms. The number of aromatic nitrogens is 2. The number of hydrogen-bond donors (Lipinski definition) is 1. The highest BCUT2D eigenvalue weighted by Crippen LogP contribution is 2.22. The molecule has 0 spiro atoms. The molecule has 0 saturated carbocycles. The Labute approximate surface area is 99.2 Å². The lowest BCUT2D eigenvalue weighted by Crippen LogP contribution is -2.50. The van der Waals surface area contributed by atoms with Gasteiger partial charge in [-0.25, -0.2) is 9.97 Å². The smallest absolute Gasteiger partial charge is 0.310 e. The Morgan fingerprint density at radius 3 is 3.00 bits per heavy atom. The van der Waals surface area contributed by atoms with E-state index in [1.165, 1.54) is 6.33 Å². The van der Waals surface area contributed by atoms with E-state index in [2.05, 4.69) is 9.97 Å². The van der Waals surface area contributed by atoms with Crippen molar-refractivity contribution in [1.82, 2.24) is 9.97 Å². The minimum absolute atomic E-state index is 0.271. The largest absolute Gasteiger partial charge is 0.481 e. The van der Waals surface area contributed by atoms with Gasteiger partial charge in [-0.05, 0) is 0 Å². The topological polar surface area (TPSA) is 75.5 Å². The van der Waals surface area contributed by atoms with Gasteiger partial charge in [0.05, 0.1) is 12.5 Å². The highest BCUT2D eigenvalue weighted by molar-refractivity contribution is 5.74. The minimum Gasteiger partial charge on any atom is -0.481 e. The Morgan fingerprint density at radius 2 is 2.35 bits per heavy atom. The summed E-state index contributed by atoms with van der Waals surface area (Å²) in [5.74, 6) is -0.217. The van der Waals surface area contributed by atoms with Crippen molar-refractivity contribution in [2.45, 2.75) is 6.42 Å². The van der Waals surface area contributed by atoms with Crippen molar-refractivity contribution in [2.24, 2.45) is 5.92 Å². The highest BCUT2D eigenvalue weighted by atomic mass is 16.5. The van der Waals surface area contributed by atoms with Crippen LogP contribution in [0.5, 0.6) is 0 Å².